The van der Waals surface area contributed by atoms with Crippen LogP contribution >= 0.6 is 0 Å². The van der Waals surface area contributed by atoms with Crippen molar-refractivity contribution >= 4 is 5.82 Å². The van der Waals surface area contributed by atoms with Crippen LogP contribution in [0, 0.1) is 19.8 Å². The third kappa shape index (κ3) is 2.89. The number of rotatable bonds is 4. The molecule has 1 fully saturated rings. The Labute approximate surface area is 89.8 Å². The van der Waals surface area contributed by atoms with Gasteiger partial charge in [0.15, 0.2) is 0 Å². The maximum atomic E-state index is 9.68. The molecular formula is C11H17N3O. The fourth-order valence-corrected chi connectivity index (χ4v) is 1.66. The van der Waals surface area contributed by atoms with Crippen LogP contribution in [0.25, 0.3) is 0 Å². The van der Waals surface area contributed by atoms with E-state index >= 15 is 0 Å². The summed E-state index contributed by atoms with van der Waals surface area (Å²) in [6.45, 7) is 4.40. The molecule has 1 aromatic rings. The Kier molecular flexibility index (Phi) is 2.86. The highest BCUT2D eigenvalue weighted by Gasteiger charge is 2.29. The van der Waals surface area contributed by atoms with Crippen LogP contribution < -0.4 is 5.32 Å². The molecule has 2 rings (SSSR count). The summed E-state index contributed by atoms with van der Waals surface area (Å²) in [5.41, 5.74) is 0.950. The van der Waals surface area contributed by atoms with Gasteiger partial charge in [-0.15, -0.1) is 0 Å². The molecule has 0 spiro atoms. The van der Waals surface area contributed by atoms with Gasteiger partial charge in [-0.25, -0.2) is 9.97 Å². The van der Waals surface area contributed by atoms with Gasteiger partial charge in [-0.05, 0) is 32.6 Å². The van der Waals surface area contributed by atoms with Crippen molar-refractivity contribution in [1.29, 1.82) is 0 Å². The SMILES string of the molecule is Cc1cc(NCC(O)C2CC2)nc(C)n1. The summed E-state index contributed by atoms with van der Waals surface area (Å²) in [6.07, 6.45) is 2.08. The lowest BCUT2D eigenvalue weighted by Crippen LogP contribution is -2.22. The number of nitrogens with one attached hydrogen (secondary N) is 1. The number of hydrogen-bond acceptors (Lipinski definition) is 4. The predicted octanol–water partition coefficient (Wildman–Crippen LogP) is 1.28. The second kappa shape index (κ2) is 4.14. The fraction of sp³-hybridized carbons (Fsp3) is 0.636. The number of nitrogens with zero attached hydrogens (tertiary/aromatic N) is 2. The molecule has 4 nitrogen and oxygen atoms in total. The van der Waals surface area contributed by atoms with Gasteiger partial charge in [-0.1, -0.05) is 0 Å². The summed E-state index contributed by atoms with van der Waals surface area (Å²) in [7, 11) is 0. The van der Waals surface area contributed by atoms with Crippen LogP contribution in [0.4, 0.5) is 5.82 Å². The molecule has 1 atom stereocenters. The van der Waals surface area contributed by atoms with Gasteiger partial charge in [0.25, 0.3) is 0 Å². The molecule has 0 saturated heterocycles. The van der Waals surface area contributed by atoms with Crippen molar-refractivity contribution in [2.75, 3.05) is 11.9 Å². The van der Waals surface area contributed by atoms with E-state index in [-0.39, 0.29) is 6.10 Å². The van der Waals surface area contributed by atoms with Crippen molar-refractivity contribution in [3.63, 3.8) is 0 Å². The minimum absolute atomic E-state index is 0.236. The van der Waals surface area contributed by atoms with Gasteiger partial charge >= 0.3 is 0 Å². The van der Waals surface area contributed by atoms with Crippen LogP contribution in [0.2, 0.25) is 0 Å². The van der Waals surface area contributed by atoms with E-state index in [2.05, 4.69) is 15.3 Å². The Morgan fingerprint density at radius 1 is 1.47 bits per heavy atom. The summed E-state index contributed by atoms with van der Waals surface area (Å²) < 4.78 is 0. The summed E-state index contributed by atoms with van der Waals surface area (Å²) in [6, 6.07) is 1.90. The number of anilines is 1. The molecule has 1 aliphatic rings. The highest BCUT2D eigenvalue weighted by molar-refractivity contribution is 5.35. The van der Waals surface area contributed by atoms with Gasteiger partial charge < -0.3 is 10.4 Å². The average molecular weight is 207 g/mol. The molecule has 1 unspecified atom stereocenters. The van der Waals surface area contributed by atoms with E-state index in [1.165, 1.54) is 0 Å². The topological polar surface area (TPSA) is 58.0 Å². The fourth-order valence-electron chi connectivity index (χ4n) is 1.66. The number of aliphatic hydroxyl groups excluding tert-OH is 1. The Morgan fingerprint density at radius 3 is 2.80 bits per heavy atom. The monoisotopic (exact) mass is 207 g/mol. The maximum absolute atomic E-state index is 9.68. The lowest BCUT2D eigenvalue weighted by atomic mass is 10.2. The zero-order valence-electron chi connectivity index (χ0n) is 9.20. The lowest BCUT2D eigenvalue weighted by molar-refractivity contribution is 0.164. The third-order valence-corrected chi connectivity index (χ3v) is 2.62. The van der Waals surface area contributed by atoms with Crippen molar-refractivity contribution in [2.45, 2.75) is 32.8 Å². The second-order valence-electron chi connectivity index (χ2n) is 4.23. The van der Waals surface area contributed by atoms with Crippen molar-refractivity contribution in [3.8, 4) is 0 Å². The number of aromatic nitrogens is 2. The van der Waals surface area contributed by atoms with Gasteiger partial charge in [-0.2, -0.15) is 0 Å². The standard InChI is InChI=1S/C11H17N3O/c1-7-5-11(14-8(2)13-7)12-6-10(15)9-3-4-9/h5,9-10,15H,3-4,6H2,1-2H3,(H,12,13,14). The molecule has 82 valence electrons. The summed E-state index contributed by atoms with van der Waals surface area (Å²) in [5, 5.41) is 12.8. The van der Waals surface area contributed by atoms with Crippen LogP contribution in [0.1, 0.15) is 24.4 Å². The van der Waals surface area contributed by atoms with Crippen molar-refractivity contribution < 1.29 is 5.11 Å². The molecule has 4 heteroatoms. The summed E-state index contributed by atoms with van der Waals surface area (Å²) in [5.74, 6) is 2.07. The van der Waals surface area contributed by atoms with E-state index in [4.69, 9.17) is 0 Å². The highest BCUT2D eigenvalue weighted by atomic mass is 16.3. The predicted molar refractivity (Wildman–Crippen MR) is 58.7 cm³/mol. The minimum atomic E-state index is -0.236. The third-order valence-electron chi connectivity index (χ3n) is 2.62. The highest BCUT2D eigenvalue weighted by Crippen LogP contribution is 2.32. The molecule has 1 saturated carbocycles. The van der Waals surface area contributed by atoms with Gasteiger partial charge in [0.05, 0.1) is 6.10 Å². The molecule has 0 bridgehead atoms. The quantitative estimate of drug-likeness (QED) is 0.780. The smallest absolute Gasteiger partial charge is 0.130 e. The first kappa shape index (κ1) is 10.4. The van der Waals surface area contributed by atoms with Crippen LogP contribution in [-0.4, -0.2) is 27.7 Å². The molecule has 2 N–H and O–H groups in total. The zero-order valence-corrected chi connectivity index (χ0v) is 9.20. The lowest BCUT2D eigenvalue weighted by Gasteiger charge is -2.11. The van der Waals surface area contributed by atoms with Gasteiger partial charge in [0, 0.05) is 18.3 Å². The molecule has 0 amide bonds. The van der Waals surface area contributed by atoms with E-state index in [1.807, 2.05) is 19.9 Å². The maximum Gasteiger partial charge on any atom is 0.130 e. The molecule has 0 radical (unpaired) electrons. The average Bonchev–Trinajstić information content (AvgIpc) is 2.95. The van der Waals surface area contributed by atoms with Crippen molar-refractivity contribution in [2.24, 2.45) is 5.92 Å². The first-order chi connectivity index (χ1) is 7.15. The Morgan fingerprint density at radius 2 is 2.20 bits per heavy atom. The molecule has 1 heterocycles. The van der Waals surface area contributed by atoms with E-state index in [0.717, 1.165) is 30.2 Å². The Balaban J connectivity index is 1.91. The first-order valence-corrected chi connectivity index (χ1v) is 5.39. The molecule has 1 aromatic heterocycles. The zero-order chi connectivity index (χ0) is 10.8. The van der Waals surface area contributed by atoms with E-state index in [0.29, 0.717) is 12.5 Å². The van der Waals surface area contributed by atoms with Crippen LogP contribution in [0.3, 0.4) is 0 Å². The van der Waals surface area contributed by atoms with Gasteiger partial charge in [0.2, 0.25) is 0 Å². The molecule has 0 aliphatic heterocycles. The van der Waals surface area contributed by atoms with Crippen LogP contribution in [0.15, 0.2) is 6.07 Å². The first-order valence-electron chi connectivity index (χ1n) is 5.39. The van der Waals surface area contributed by atoms with E-state index in [9.17, 15) is 5.11 Å². The van der Waals surface area contributed by atoms with Crippen LogP contribution in [0.5, 0.6) is 0 Å². The van der Waals surface area contributed by atoms with Crippen LogP contribution in [-0.2, 0) is 0 Å². The number of aryl methyl sites for hydroxylation is 2. The molecule has 1 aliphatic carbocycles. The molecule has 0 aromatic carbocycles. The van der Waals surface area contributed by atoms with Gasteiger partial charge in [-0.3, -0.25) is 0 Å². The summed E-state index contributed by atoms with van der Waals surface area (Å²) >= 11 is 0. The number of hydrogen-bond donors (Lipinski definition) is 2. The number of aliphatic hydroxyl groups is 1. The largest absolute Gasteiger partial charge is 0.391 e. The molecular weight excluding hydrogens is 190 g/mol. The van der Waals surface area contributed by atoms with Gasteiger partial charge in [0.1, 0.15) is 11.6 Å². The van der Waals surface area contributed by atoms with E-state index < -0.39 is 0 Å². The Bertz CT molecular complexity index is 329. The minimum Gasteiger partial charge on any atom is -0.391 e. The van der Waals surface area contributed by atoms with Crippen molar-refractivity contribution in [3.05, 3.63) is 17.6 Å². The van der Waals surface area contributed by atoms with E-state index in [1.54, 1.807) is 0 Å². The second-order valence-corrected chi connectivity index (χ2v) is 4.23. The Hall–Kier alpha value is -1.16. The normalized spacial score (nSPS) is 17.5. The summed E-state index contributed by atoms with van der Waals surface area (Å²) in [4.78, 5) is 8.45. The van der Waals surface area contributed by atoms with Crippen molar-refractivity contribution in [1.82, 2.24) is 9.97 Å². The molecule has 15 heavy (non-hydrogen) atoms.